The van der Waals surface area contributed by atoms with Crippen molar-refractivity contribution in [2.24, 2.45) is 0 Å². The Morgan fingerprint density at radius 3 is 0.686 bits per heavy atom. The summed E-state index contributed by atoms with van der Waals surface area (Å²) in [5.74, 6) is 3.51. The first kappa shape index (κ1) is 40.2. The third-order valence-electron chi connectivity index (χ3n) is 9.63. The highest BCUT2D eigenvalue weighted by Crippen LogP contribution is 2.35. The van der Waals surface area contributed by atoms with Crippen LogP contribution in [0.15, 0.2) is 72.8 Å². The van der Waals surface area contributed by atoms with E-state index in [0.29, 0.717) is 0 Å². The molecule has 5 nitrogen and oxygen atoms in total. The van der Waals surface area contributed by atoms with Gasteiger partial charge in [0.2, 0.25) is 18.1 Å². The van der Waals surface area contributed by atoms with Crippen LogP contribution in [-0.4, -0.2) is 46.5 Å². The van der Waals surface area contributed by atoms with Gasteiger partial charge in [-0.15, -0.1) is 0 Å². The molecular weight excluding hydrogens is 665 g/mol. The first-order chi connectivity index (χ1) is 23.7. The fourth-order valence-electron chi connectivity index (χ4n) is 7.08. The molecule has 0 unspecified atom stereocenters. The van der Waals surface area contributed by atoms with E-state index in [0.717, 1.165) is 66.0 Å². The third-order valence-corrected chi connectivity index (χ3v) is 15.9. The molecule has 0 N–H and O–H groups in total. The molecule has 7 heteroatoms. The second-order valence-electron chi connectivity index (χ2n) is 17.6. The van der Waals surface area contributed by atoms with Crippen molar-refractivity contribution in [3.05, 3.63) is 95.1 Å². The molecule has 51 heavy (non-hydrogen) atoms. The topological polar surface area (TPSA) is 46.2 Å². The van der Waals surface area contributed by atoms with Crippen molar-refractivity contribution in [1.29, 1.82) is 0 Å². The lowest BCUT2D eigenvalue weighted by atomic mass is 9.86. The molecule has 0 saturated heterocycles. The van der Waals surface area contributed by atoms with Crippen molar-refractivity contribution in [1.82, 2.24) is 0 Å². The van der Waals surface area contributed by atoms with Gasteiger partial charge in [-0.2, -0.15) is 0 Å². The van der Waals surface area contributed by atoms with Crippen molar-refractivity contribution in [3.63, 3.8) is 0 Å². The molecule has 0 saturated carbocycles. The zero-order chi connectivity index (χ0) is 38.1. The minimum absolute atomic E-state index is 0.150. The van der Waals surface area contributed by atoms with Crippen LogP contribution in [0, 0.1) is 0 Å². The molecule has 0 aromatic heterocycles. The lowest BCUT2D eigenvalue weighted by Gasteiger charge is -2.33. The van der Waals surface area contributed by atoms with Crippen molar-refractivity contribution >= 4 is 38.8 Å². The van der Waals surface area contributed by atoms with Crippen molar-refractivity contribution < 1.29 is 23.1 Å². The number of ether oxygens (including phenoxy) is 4. The maximum absolute atomic E-state index is 7.99. The molecule has 0 atom stereocenters. The molecule has 0 aliphatic heterocycles. The van der Waals surface area contributed by atoms with Crippen molar-refractivity contribution in [3.8, 4) is 23.0 Å². The fourth-order valence-corrected chi connectivity index (χ4v) is 14.4. The van der Waals surface area contributed by atoms with Crippen LogP contribution in [0.4, 0.5) is 0 Å². The van der Waals surface area contributed by atoms with Crippen LogP contribution >= 0.6 is 0 Å². The fraction of sp³-hybridized carbons (Fsp3) is 0.455. The Morgan fingerprint density at radius 2 is 0.529 bits per heavy atom. The average molecular weight is 727 g/mol. The quantitative estimate of drug-likeness (QED) is 0.161. The van der Waals surface area contributed by atoms with E-state index in [2.05, 4.69) is 156 Å². The molecule has 0 aliphatic rings. The van der Waals surface area contributed by atoms with Crippen LogP contribution in [0.2, 0.25) is 0 Å². The molecule has 0 heterocycles. The highest BCUT2D eigenvalue weighted by atomic mass is 28.4. The second-order valence-corrected chi connectivity index (χ2v) is 22.7. The van der Waals surface area contributed by atoms with Gasteiger partial charge in [0.05, 0.1) is 28.4 Å². The van der Waals surface area contributed by atoms with Crippen LogP contribution in [0.25, 0.3) is 0 Å². The number of hydrogen-bond donors (Lipinski definition) is 0. The largest absolute Gasteiger partial charge is 0.496 e. The maximum Gasteiger partial charge on any atom is 0.236 e. The smallest absolute Gasteiger partial charge is 0.236 e. The molecule has 276 valence electrons. The molecule has 0 aliphatic carbocycles. The lowest BCUT2D eigenvalue weighted by molar-refractivity contribution is 0.397. The minimum atomic E-state index is -2.64. The van der Waals surface area contributed by atoms with Gasteiger partial charge in [-0.1, -0.05) is 156 Å². The van der Waals surface area contributed by atoms with Gasteiger partial charge in [-0.3, -0.25) is 0 Å². The molecule has 0 radical (unpaired) electrons. The van der Waals surface area contributed by atoms with E-state index in [4.69, 9.17) is 23.1 Å². The van der Waals surface area contributed by atoms with Crippen LogP contribution in [0.5, 0.6) is 23.0 Å². The average Bonchev–Trinajstić information content (AvgIpc) is 3.05. The highest BCUT2D eigenvalue weighted by molar-refractivity contribution is 6.93. The number of hydrogen-bond acceptors (Lipinski definition) is 5. The van der Waals surface area contributed by atoms with E-state index in [9.17, 15) is 0 Å². The van der Waals surface area contributed by atoms with Crippen LogP contribution in [0.1, 0.15) is 105 Å². The summed E-state index contributed by atoms with van der Waals surface area (Å²) in [4.78, 5) is 0. The maximum atomic E-state index is 7.99. The van der Waals surface area contributed by atoms with Crippen LogP contribution in [-0.2, 0) is 25.8 Å². The van der Waals surface area contributed by atoms with Gasteiger partial charge in [-0.25, -0.2) is 0 Å². The Labute approximate surface area is 312 Å². The highest BCUT2D eigenvalue weighted by Gasteiger charge is 2.38. The van der Waals surface area contributed by atoms with Crippen molar-refractivity contribution in [2.45, 2.75) is 105 Å². The van der Waals surface area contributed by atoms with Crippen molar-refractivity contribution in [2.75, 3.05) is 28.4 Å². The summed E-state index contributed by atoms with van der Waals surface area (Å²) in [6.07, 6.45) is 0. The monoisotopic (exact) mass is 726 g/mol. The zero-order valence-electron chi connectivity index (χ0n) is 34.1. The summed E-state index contributed by atoms with van der Waals surface area (Å²) < 4.78 is 33.5. The van der Waals surface area contributed by atoms with Crippen LogP contribution in [0.3, 0.4) is 0 Å². The van der Waals surface area contributed by atoms with E-state index >= 15 is 0 Å². The predicted octanol–water partition coefficient (Wildman–Crippen LogP) is 7.30. The van der Waals surface area contributed by atoms with Gasteiger partial charge in [0.25, 0.3) is 0 Å². The first-order valence-electron chi connectivity index (χ1n) is 18.1. The zero-order valence-corrected chi connectivity index (χ0v) is 36.4. The Kier molecular flexibility index (Phi) is 12.0. The molecule has 0 bridgehead atoms. The molecule has 4 aromatic rings. The Hall–Kier alpha value is -3.53. The number of para-hydroxylation sites is 4. The molecule has 4 aromatic carbocycles. The second kappa shape index (κ2) is 15.2. The van der Waals surface area contributed by atoms with E-state index in [1.165, 1.54) is 0 Å². The predicted molar refractivity (Wildman–Crippen MR) is 221 cm³/mol. The number of rotatable bonds is 10. The first-order valence-corrected chi connectivity index (χ1v) is 21.3. The summed E-state index contributed by atoms with van der Waals surface area (Å²) in [6.45, 7) is 26.8. The molecule has 4 rings (SSSR count). The van der Waals surface area contributed by atoms with E-state index in [1.54, 1.807) is 28.4 Å². The van der Waals surface area contributed by atoms with E-state index in [-0.39, 0.29) is 21.7 Å². The summed E-state index contributed by atoms with van der Waals surface area (Å²) in [7, 11) is 1.84. The van der Waals surface area contributed by atoms with Gasteiger partial charge in [0, 0.05) is 20.7 Å². The van der Waals surface area contributed by atoms with Gasteiger partial charge in [0.15, 0.2) is 0 Å². The Balaban J connectivity index is 2.20. The number of benzene rings is 4. The summed E-state index contributed by atoms with van der Waals surface area (Å²) in [5.41, 5.74) is 3.98. The van der Waals surface area contributed by atoms with Gasteiger partial charge < -0.3 is 23.1 Å². The van der Waals surface area contributed by atoms with Gasteiger partial charge >= 0.3 is 0 Å². The lowest BCUT2D eigenvalue weighted by Crippen LogP contribution is -2.57. The number of methoxy groups -OCH3 is 4. The molecule has 0 amide bonds. The van der Waals surface area contributed by atoms with E-state index in [1.807, 2.05) is 0 Å². The van der Waals surface area contributed by atoms with Crippen LogP contribution < -0.4 is 39.7 Å². The van der Waals surface area contributed by atoms with E-state index < -0.39 is 18.1 Å². The third kappa shape index (κ3) is 8.42. The molecule has 0 fully saturated rings. The molecular formula is C44H62O5Si2. The summed E-state index contributed by atoms with van der Waals surface area (Å²) >= 11 is 0. The SMILES string of the molecule is COc1c([SiH](O[SiH](c2cccc(C(C)(C)C)c2OC)c2cccc(C(C)(C)C)c2OC)c2cccc(C(C)(C)C)c2OC)cccc1C(C)(C)C. The molecule has 0 spiro atoms. The summed E-state index contributed by atoms with van der Waals surface area (Å²) in [6, 6.07) is 26.1. The van der Waals surface area contributed by atoms with Gasteiger partial charge in [-0.05, 0) is 43.9 Å². The van der Waals surface area contributed by atoms with Gasteiger partial charge in [0.1, 0.15) is 23.0 Å². The minimum Gasteiger partial charge on any atom is -0.496 e. The Morgan fingerprint density at radius 1 is 0.333 bits per heavy atom. The normalized spacial score (nSPS) is 12.7. The summed E-state index contributed by atoms with van der Waals surface area (Å²) in [5, 5.41) is 4.35. The standard InChI is InChI=1S/C44H62O5Si2/c1-41(2,3)29-21-17-25-33(37(29)45-13)50(34-26-18-22-30(38(34)46-14)42(4,5)6)49-51(35-27-19-23-31(39(35)47-15)43(7,8)9)36-28-20-24-32(40(36)48-16)44(10,11)12/h17-28,50-51H,1-16H3. The Bertz CT molecular complexity index is 1560.